The molecule has 1 aliphatic rings. The number of nitrogens with zero attached hydrogens (tertiary/aromatic N) is 1. The lowest BCUT2D eigenvalue weighted by Gasteiger charge is -2.31. The summed E-state index contributed by atoms with van der Waals surface area (Å²) in [5.74, 6) is 0.501. The fourth-order valence-electron chi connectivity index (χ4n) is 3.72. The summed E-state index contributed by atoms with van der Waals surface area (Å²) < 4.78 is 21.1. The fourth-order valence-corrected chi connectivity index (χ4v) is 4.36. The van der Waals surface area contributed by atoms with Crippen LogP contribution >= 0.6 is 27.5 Å². The molecular formula is C24H21BrClFN2O2. The van der Waals surface area contributed by atoms with Crippen molar-refractivity contribution in [1.29, 1.82) is 0 Å². The van der Waals surface area contributed by atoms with Gasteiger partial charge in [0.2, 0.25) is 0 Å². The topological polar surface area (TPSA) is 53.8 Å². The van der Waals surface area contributed by atoms with E-state index < -0.39 is 12.0 Å². The number of hydrogen-bond donors (Lipinski definition) is 2. The molecule has 31 heavy (non-hydrogen) atoms. The normalized spacial score (nSPS) is 18.5. The second-order valence-electron chi connectivity index (χ2n) is 7.20. The third kappa shape index (κ3) is 4.76. The van der Waals surface area contributed by atoms with Gasteiger partial charge in [0, 0.05) is 33.8 Å². The van der Waals surface area contributed by atoms with Crippen molar-refractivity contribution in [3.8, 4) is 11.5 Å². The van der Waals surface area contributed by atoms with Crippen LogP contribution in [0.5, 0.6) is 11.5 Å². The van der Waals surface area contributed by atoms with Gasteiger partial charge in [-0.05, 0) is 67.1 Å². The lowest BCUT2D eigenvalue weighted by atomic mass is 9.93. The summed E-state index contributed by atoms with van der Waals surface area (Å²) in [6.07, 6.45) is -0.187. The zero-order chi connectivity index (χ0) is 22.0. The first kappa shape index (κ1) is 21.8. The van der Waals surface area contributed by atoms with Crippen LogP contribution in [0.15, 0.2) is 70.1 Å². The van der Waals surface area contributed by atoms with E-state index in [0.29, 0.717) is 23.6 Å². The highest BCUT2D eigenvalue weighted by Gasteiger charge is 2.30. The van der Waals surface area contributed by atoms with Crippen LogP contribution in [0.4, 0.5) is 4.39 Å². The molecule has 0 saturated heterocycles. The molecule has 0 saturated carbocycles. The molecule has 0 amide bonds. The Balaban J connectivity index is 1.78. The van der Waals surface area contributed by atoms with Gasteiger partial charge in [-0.3, -0.25) is 10.3 Å². The van der Waals surface area contributed by atoms with E-state index >= 15 is 0 Å². The number of benzene rings is 3. The van der Waals surface area contributed by atoms with Gasteiger partial charge in [-0.15, -0.1) is 0 Å². The standard InChI is InChI=1S/C24H21BrClFN2O2/c1-2-31-16-9-6-14(7-10-16)20-13-21(17-12-15(25)8-11-22(17)30)29-24(28-20)23-18(26)4-3-5-19(23)27/h3-12,21,24,29-30H,2,13H2,1H3/t21-,24+/m1/s1. The molecule has 0 aromatic heterocycles. The highest BCUT2D eigenvalue weighted by molar-refractivity contribution is 9.10. The molecule has 0 radical (unpaired) electrons. The molecule has 3 aromatic rings. The van der Waals surface area contributed by atoms with Crippen LogP contribution in [0.25, 0.3) is 0 Å². The Kier molecular flexibility index (Phi) is 6.60. The summed E-state index contributed by atoms with van der Waals surface area (Å²) >= 11 is 9.80. The molecule has 2 N–H and O–H groups in total. The molecule has 0 fully saturated rings. The summed E-state index contributed by atoms with van der Waals surface area (Å²) in [6.45, 7) is 2.52. The molecule has 7 heteroatoms. The minimum Gasteiger partial charge on any atom is -0.508 e. The molecule has 160 valence electrons. The maximum atomic E-state index is 14.7. The average molecular weight is 504 g/mol. The lowest BCUT2D eigenvalue weighted by molar-refractivity contribution is 0.340. The highest BCUT2D eigenvalue weighted by Crippen LogP contribution is 2.38. The molecule has 3 aromatic carbocycles. The van der Waals surface area contributed by atoms with Gasteiger partial charge < -0.3 is 9.84 Å². The molecule has 2 atom stereocenters. The maximum absolute atomic E-state index is 14.7. The maximum Gasteiger partial charge on any atom is 0.131 e. The summed E-state index contributed by atoms with van der Waals surface area (Å²) in [4.78, 5) is 4.79. The molecule has 0 bridgehead atoms. The van der Waals surface area contributed by atoms with E-state index in [9.17, 15) is 9.50 Å². The Labute approximate surface area is 193 Å². The number of phenols is 1. The van der Waals surface area contributed by atoms with Crippen LogP contribution < -0.4 is 10.1 Å². The van der Waals surface area contributed by atoms with Gasteiger partial charge in [0.1, 0.15) is 23.5 Å². The van der Waals surface area contributed by atoms with Crippen molar-refractivity contribution in [2.75, 3.05) is 6.61 Å². The van der Waals surface area contributed by atoms with Gasteiger partial charge in [-0.1, -0.05) is 33.6 Å². The van der Waals surface area contributed by atoms with E-state index in [2.05, 4.69) is 21.2 Å². The number of hydrogen-bond acceptors (Lipinski definition) is 4. The Morgan fingerprint density at radius 3 is 2.68 bits per heavy atom. The minimum atomic E-state index is -0.701. The number of phenolic OH excluding ortho intramolecular Hbond substituents is 1. The SMILES string of the molecule is CCOc1ccc(C2=N[C@H](c3c(F)cccc3Cl)N[C@@H](c3cc(Br)ccc3O)C2)cc1. The third-order valence-corrected chi connectivity index (χ3v) is 6.00. The zero-order valence-corrected chi connectivity index (χ0v) is 19.1. The molecule has 0 aliphatic carbocycles. The van der Waals surface area contributed by atoms with Crippen LogP contribution in [0, 0.1) is 5.82 Å². The molecule has 1 heterocycles. The fraction of sp³-hybridized carbons (Fsp3) is 0.208. The monoisotopic (exact) mass is 502 g/mol. The minimum absolute atomic E-state index is 0.159. The summed E-state index contributed by atoms with van der Waals surface area (Å²) in [6, 6.07) is 17.2. The second kappa shape index (κ2) is 9.39. The Hall–Kier alpha value is -2.41. The van der Waals surface area contributed by atoms with Gasteiger partial charge in [0.25, 0.3) is 0 Å². The van der Waals surface area contributed by atoms with Crippen molar-refractivity contribution in [2.24, 2.45) is 4.99 Å². The predicted octanol–water partition coefficient (Wildman–Crippen LogP) is 6.57. The number of aromatic hydroxyl groups is 1. The van der Waals surface area contributed by atoms with Gasteiger partial charge in [-0.25, -0.2) is 4.39 Å². The molecule has 4 nitrogen and oxygen atoms in total. The smallest absolute Gasteiger partial charge is 0.131 e. The van der Waals surface area contributed by atoms with Gasteiger partial charge >= 0.3 is 0 Å². The number of ether oxygens (including phenoxy) is 1. The van der Waals surface area contributed by atoms with E-state index in [1.807, 2.05) is 37.3 Å². The second-order valence-corrected chi connectivity index (χ2v) is 8.52. The van der Waals surface area contributed by atoms with Crippen molar-refractivity contribution in [3.63, 3.8) is 0 Å². The molecular weight excluding hydrogens is 483 g/mol. The third-order valence-electron chi connectivity index (χ3n) is 5.18. The highest BCUT2D eigenvalue weighted by atomic mass is 79.9. The zero-order valence-electron chi connectivity index (χ0n) is 16.8. The van der Waals surface area contributed by atoms with Gasteiger partial charge in [0.15, 0.2) is 0 Å². The first-order valence-corrected chi connectivity index (χ1v) is 11.1. The lowest BCUT2D eigenvalue weighted by Crippen LogP contribution is -2.33. The summed E-state index contributed by atoms with van der Waals surface area (Å²) in [7, 11) is 0. The predicted molar refractivity (Wildman–Crippen MR) is 125 cm³/mol. The largest absolute Gasteiger partial charge is 0.508 e. The molecule has 4 rings (SSSR count). The first-order chi connectivity index (χ1) is 15.0. The van der Waals surface area contributed by atoms with E-state index in [-0.39, 0.29) is 17.4 Å². The average Bonchev–Trinajstić information content (AvgIpc) is 2.76. The van der Waals surface area contributed by atoms with Crippen molar-refractivity contribution >= 4 is 33.2 Å². The van der Waals surface area contributed by atoms with Crippen LogP contribution in [0.2, 0.25) is 5.02 Å². The Morgan fingerprint density at radius 2 is 1.97 bits per heavy atom. The molecule has 0 unspecified atom stereocenters. The van der Waals surface area contributed by atoms with Crippen LogP contribution in [0.1, 0.15) is 42.2 Å². The van der Waals surface area contributed by atoms with E-state index in [1.165, 1.54) is 6.07 Å². The first-order valence-electron chi connectivity index (χ1n) is 9.94. The van der Waals surface area contributed by atoms with Crippen LogP contribution in [-0.4, -0.2) is 17.4 Å². The van der Waals surface area contributed by atoms with Gasteiger partial charge in [0.05, 0.1) is 11.6 Å². The molecule has 0 spiro atoms. The van der Waals surface area contributed by atoms with Crippen molar-refractivity contribution < 1.29 is 14.2 Å². The van der Waals surface area contributed by atoms with E-state index in [0.717, 1.165) is 21.5 Å². The van der Waals surface area contributed by atoms with E-state index in [1.54, 1.807) is 24.3 Å². The number of nitrogens with one attached hydrogen (secondary N) is 1. The number of aliphatic imine (C=N–C) groups is 1. The van der Waals surface area contributed by atoms with Crippen molar-refractivity contribution in [3.05, 3.63) is 92.7 Å². The van der Waals surface area contributed by atoms with Gasteiger partial charge in [-0.2, -0.15) is 0 Å². The number of rotatable bonds is 5. The molecule has 1 aliphatic heterocycles. The van der Waals surface area contributed by atoms with Crippen molar-refractivity contribution in [2.45, 2.75) is 25.6 Å². The Bertz CT molecular complexity index is 1100. The van der Waals surface area contributed by atoms with Crippen LogP contribution in [-0.2, 0) is 0 Å². The summed E-state index contributed by atoms with van der Waals surface area (Å²) in [5, 5.41) is 14.1. The quantitative estimate of drug-likeness (QED) is 0.414. The van der Waals surface area contributed by atoms with Crippen LogP contribution in [0.3, 0.4) is 0 Å². The van der Waals surface area contributed by atoms with Crippen molar-refractivity contribution in [1.82, 2.24) is 5.32 Å². The van der Waals surface area contributed by atoms with E-state index in [4.69, 9.17) is 21.3 Å². The number of halogens is 3. The summed E-state index contributed by atoms with van der Waals surface area (Å²) in [5.41, 5.74) is 2.68. The Morgan fingerprint density at radius 1 is 1.19 bits per heavy atom.